The van der Waals surface area contributed by atoms with Crippen molar-refractivity contribution in [3.8, 4) is 11.3 Å². The first-order valence-electron chi connectivity index (χ1n) is 7.58. The molecular formula is C19H18N2. The molecule has 0 spiro atoms. The van der Waals surface area contributed by atoms with Crippen molar-refractivity contribution in [2.24, 2.45) is 0 Å². The monoisotopic (exact) mass is 274 g/mol. The smallest absolute Gasteiger partial charge is 0.0897 e. The van der Waals surface area contributed by atoms with Gasteiger partial charge in [-0.05, 0) is 41.5 Å². The van der Waals surface area contributed by atoms with Crippen LogP contribution in [0.15, 0.2) is 48.7 Å². The van der Waals surface area contributed by atoms with Crippen molar-refractivity contribution >= 4 is 11.0 Å². The maximum Gasteiger partial charge on any atom is 0.0897 e. The van der Waals surface area contributed by atoms with E-state index in [1.807, 2.05) is 24.4 Å². The summed E-state index contributed by atoms with van der Waals surface area (Å²) in [5, 5.41) is 0. The Morgan fingerprint density at radius 2 is 1.57 bits per heavy atom. The first-order chi connectivity index (χ1) is 10.2. The molecule has 0 amide bonds. The molecule has 1 heterocycles. The molecule has 2 unspecified atom stereocenters. The average Bonchev–Trinajstić information content (AvgIpc) is 2.80. The van der Waals surface area contributed by atoms with E-state index in [1.54, 1.807) is 0 Å². The second-order valence-electron chi connectivity index (χ2n) is 6.13. The van der Waals surface area contributed by atoms with Crippen LogP contribution in [0.4, 0.5) is 0 Å². The van der Waals surface area contributed by atoms with Gasteiger partial charge in [0.15, 0.2) is 0 Å². The van der Waals surface area contributed by atoms with Gasteiger partial charge >= 0.3 is 0 Å². The molecule has 1 aliphatic carbocycles. The highest BCUT2D eigenvalue weighted by Crippen LogP contribution is 2.42. The molecule has 104 valence electrons. The van der Waals surface area contributed by atoms with Gasteiger partial charge in [0, 0.05) is 5.56 Å². The van der Waals surface area contributed by atoms with Gasteiger partial charge in [0.25, 0.3) is 0 Å². The maximum absolute atomic E-state index is 4.82. The van der Waals surface area contributed by atoms with E-state index in [-0.39, 0.29) is 0 Å². The number of aromatic nitrogens is 2. The zero-order valence-corrected chi connectivity index (χ0v) is 12.4. The van der Waals surface area contributed by atoms with Crippen LogP contribution in [0.3, 0.4) is 0 Å². The second-order valence-corrected chi connectivity index (χ2v) is 6.13. The van der Waals surface area contributed by atoms with Gasteiger partial charge in [0.2, 0.25) is 0 Å². The van der Waals surface area contributed by atoms with Crippen LogP contribution >= 0.6 is 0 Å². The molecule has 3 aromatic rings. The highest BCUT2D eigenvalue weighted by Gasteiger charge is 2.25. The minimum Gasteiger partial charge on any atom is -0.252 e. The van der Waals surface area contributed by atoms with E-state index in [0.29, 0.717) is 11.8 Å². The number of nitrogens with zero attached hydrogens (tertiary/aromatic N) is 2. The molecule has 0 saturated carbocycles. The van der Waals surface area contributed by atoms with Gasteiger partial charge in [-0.25, -0.2) is 4.98 Å². The Labute approximate surface area is 124 Å². The summed E-state index contributed by atoms with van der Waals surface area (Å²) in [5.74, 6) is 1.26. The maximum atomic E-state index is 4.82. The summed E-state index contributed by atoms with van der Waals surface area (Å²) < 4.78 is 0. The molecule has 0 fully saturated rings. The van der Waals surface area contributed by atoms with E-state index in [2.05, 4.69) is 43.1 Å². The second kappa shape index (κ2) is 4.66. The van der Waals surface area contributed by atoms with Gasteiger partial charge in [-0.2, -0.15) is 0 Å². The minimum atomic E-state index is 0.626. The van der Waals surface area contributed by atoms with Crippen LogP contribution in [0, 0.1) is 0 Å². The lowest BCUT2D eigenvalue weighted by Crippen LogP contribution is -1.93. The van der Waals surface area contributed by atoms with E-state index in [9.17, 15) is 0 Å². The van der Waals surface area contributed by atoms with Crippen molar-refractivity contribution in [2.75, 3.05) is 0 Å². The quantitative estimate of drug-likeness (QED) is 0.630. The Hall–Kier alpha value is -2.22. The predicted octanol–water partition coefficient (Wildman–Crippen LogP) is 4.91. The molecule has 4 rings (SSSR count). The molecule has 0 bridgehead atoms. The molecule has 1 aliphatic rings. The van der Waals surface area contributed by atoms with Gasteiger partial charge in [-0.1, -0.05) is 44.2 Å². The topological polar surface area (TPSA) is 25.8 Å². The lowest BCUT2D eigenvalue weighted by molar-refractivity contribution is 0.661. The van der Waals surface area contributed by atoms with E-state index < -0.39 is 0 Å². The molecule has 0 N–H and O–H groups in total. The van der Waals surface area contributed by atoms with Gasteiger partial charge < -0.3 is 0 Å². The predicted molar refractivity (Wildman–Crippen MR) is 86.4 cm³/mol. The molecule has 0 saturated heterocycles. The summed E-state index contributed by atoms with van der Waals surface area (Å²) in [7, 11) is 0. The molecule has 2 nitrogen and oxygen atoms in total. The van der Waals surface area contributed by atoms with Gasteiger partial charge in [0.1, 0.15) is 0 Å². The Morgan fingerprint density at radius 3 is 2.29 bits per heavy atom. The van der Waals surface area contributed by atoms with Gasteiger partial charge in [-0.3, -0.25) is 4.98 Å². The first kappa shape index (κ1) is 12.5. The highest BCUT2D eigenvalue weighted by atomic mass is 14.8. The Morgan fingerprint density at radius 1 is 0.905 bits per heavy atom. The van der Waals surface area contributed by atoms with E-state index >= 15 is 0 Å². The van der Waals surface area contributed by atoms with Crippen LogP contribution < -0.4 is 0 Å². The SMILES string of the molecule is CC1CC(C)c2cc3nc(-c4ccccc4)cnc3cc21. The molecule has 2 atom stereocenters. The van der Waals surface area contributed by atoms with Crippen LogP contribution in [0.1, 0.15) is 43.2 Å². The zero-order valence-electron chi connectivity index (χ0n) is 12.4. The number of benzene rings is 2. The molecule has 0 aliphatic heterocycles. The van der Waals surface area contributed by atoms with Crippen molar-refractivity contribution in [2.45, 2.75) is 32.1 Å². The summed E-state index contributed by atoms with van der Waals surface area (Å²) in [4.78, 5) is 9.45. The Balaban J connectivity index is 1.89. The molecular weight excluding hydrogens is 256 g/mol. The molecule has 0 radical (unpaired) electrons. The van der Waals surface area contributed by atoms with E-state index in [4.69, 9.17) is 4.98 Å². The number of rotatable bonds is 1. The fourth-order valence-corrected chi connectivity index (χ4v) is 3.48. The van der Waals surface area contributed by atoms with Crippen LogP contribution in [-0.4, -0.2) is 9.97 Å². The summed E-state index contributed by atoms with van der Waals surface area (Å²) in [6, 6.07) is 14.7. The summed E-state index contributed by atoms with van der Waals surface area (Å²) in [6.45, 7) is 4.61. The van der Waals surface area contributed by atoms with Crippen LogP contribution in [0.5, 0.6) is 0 Å². The normalized spacial score (nSPS) is 20.7. The van der Waals surface area contributed by atoms with Gasteiger partial charge in [0.05, 0.1) is 22.9 Å². The lowest BCUT2D eigenvalue weighted by atomic mass is 10.0. The van der Waals surface area contributed by atoms with Crippen LogP contribution in [0.25, 0.3) is 22.3 Å². The molecule has 2 aromatic carbocycles. The van der Waals surface area contributed by atoms with Crippen molar-refractivity contribution in [3.63, 3.8) is 0 Å². The summed E-state index contributed by atoms with van der Waals surface area (Å²) >= 11 is 0. The third-order valence-electron chi connectivity index (χ3n) is 4.59. The number of hydrogen-bond donors (Lipinski definition) is 0. The van der Waals surface area contributed by atoms with E-state index in [1.165, 1.54) is 17.5 Å². The van der Waals surface area contributed by atoms with Crippen molar-refractivity contribution in [3.05, 3.63) is 59.8 Å². The molecule has 2 heteroatoms. The van der Waals surface area contributed by atoms with Crippen LogP contribution in [-0.2, 0) is 0 Å². The largest absolute Gasteiger partial charge is 0.252 e. The van der Waals surface area contributed by atoms with Crippen molar-refractivity contribution in [1.29, 1.82) is 0 Å². The highest BCUT2D eigenvalue weighted by molar-refractivity contribution is 5.79. The molecule has 21 heavy (non-hydrogen) atoms. The van der Waals surface area contributed by atoms with Gasteiger partial charge in [-0.15, -0.1) is 0 Å². The number of hydrogen-bond acceptors (Lipinski definition) is 2. The minimum absolute atomic E-state index is 0.626. The summed E-state index contributed by atoms with van der Waals surface area (Å²) in [6.07, 6.45) is 3.12. The number of fused-ring (bicyclic) bond motifs is 2. The first-order valence-corrected chi connectivity index (χ1v) is 7.58. The third kappa shape index (κ3) is 2.02. The summed E-state index contributed by atoms with van der Waals surface area (Å²) in [5.41, 5.74) is 6.99. The molecule has 1 aromatic heterocycles. The lowest BCUT2D eigenvalue weighted by Gasteiger charge is -2.08. The average molecular weight is 274 g/mol. The zero-order chi connectivity index (χ0) is 14.4. The standard InChI is InChI=1S/C19H18N2/c1-12-8-13(2)16-10-18-17(9-15(12)16)20-11-19(21-18)14-6-4-3-5-7-14/h3-7,9-13H,8H2,1-2H3. The Kier molecular flexibility index (Phi) is 2.78. The fraction of sp³-hybridized carbons (Fsp3) is 0.263. The third-order valence-corrected chi connectivity index (χ3v) is 4.59. The van der Waals surface area contributed by atoms with E-state index in [0.717, 1.165) is 22.3 Å². The fourth-order valence-electron chi connectivity index (χ4n) is 3.48. The van der Waals surface area contributed by atoms with Crippen molar-refractivity contribution in [1.82, 2.24) is 9.97 Å². The van der Waals surface area contributed by atoms with Crippen molar-refractivity contribution < 1.29 is 0 Å². The Bertz CT molecular complexity index is 808. The van der Waals surface area contributed by atoms with Crippen LogP contribution in [0.2, 0.25) is 0 Å².